The quantitative estimate of drug-likeness (QED) is 0.553. The van der Waals surface area contributed by atoms with Gasteiger partial charge in [-0.15, -0.1) is 0 Å². The highest BCUT2D eigenvalue weighted by Crippen LogP contribution is 2.35. The van der Waals surface area contributed by atoms with E-state index in [1.807, 2.05) is 25.1 Å². The highest BCUT2D eigenvalue weighted by molar-refractivity contribution is 5.81. The molecule has 0 aromatic heterocycles. The fourth-order valence-corrected chi connectivity index (χ4v) is 4.65. The smallest absolute Gasteiger partial charge is 0.251 e. The van der Waals surface area contributed by atoms with E-state index in [4.69, 9.17) is 9.47 Å². The standard InChI is InChI=1S/C23H35NO6/c1-4-29-17-9-6-14(7-10-17)11-16-12-15(8-5-13(16)2)21-19(26)18(25)20(27)22(30-21)23(28)24-3/h5,8,12,14,17-22,25-27H,4,6-7,9-11H2,1-3H3,(H,24,28)/t14?,17?,18-,19-,20+,21+,22+/m1/s1. The highest BCUT2D eigenvalue weighted by Gasteiger charge is 2.47. The third-order valence-corrected chi connectivity index (χ3v) is 6.52. The molecule has 1 heterocycles. The SMILES string of the molecule is CCOC1CCC(Cc2cc([C@@H]3O[C@H](C(=O)NC)[C@@H](O)[C@H](O)[C@H]3O)ccc2C)CC1. The first-order chi connectivity index (χ1) is 14.3. The number of rotatable bonds is 6. The summed E-state index contributed by atoms with van der Waals surface area (Å²) in [5.41, 5.74) is 3.05. The first kappa shape index (κ1) is 23.2. The minimum Gasteiger partial charge on any atom is -0.387 e. The van der Waals surface area contributed by atoms with Crippen LogP contribution < -0.4 is 5.32 Å². The summed E-state index contributed by atoms with van der Waals surface area (Å²) in [6.07, 6.45) is -0.676. The summed E-state index contributed by atoms with van der Waals surface area (Å²) in [5.74, 6) is 0.0516. The van der Waals surface area contributed by atoms with E-state index >= 15 is 0 Å². The summed E-state index contributed by atoms with van der Waals surface area (Å²) in [5, 5.41) is 33.4. The van der Waals surface area contributed by atoms with Crippen molar-refractivity contribution in [3.05, 3.63) is 34.9 Å². The van der Waals surface area contributed by atoms with Gasteiger partial charge in [0.1, 0.15) is 24.4 Å². The minimum absolute atomic E-state index is 0.374. The Morgan fingerprint density at radius 2 is 1.83 bits per heavy atom. The molecule has 0 bridgehead atoms. The summed E-state index contributed by atoms with van der Waals surface area (Å²) in [6, 6.07) is 5.84. The predicted octanol–water partition coefficient (Wildman–Crippen LogP) is 1.40. The van der Waals surface area contributed by atoms with Gasteiger partial charge in [0.25, 0.3) is 5.91 Å². The molecule has 1 aliphatic carbocycles. The van der Waals surface area contributed by atoms with Gasteiger partial charge in [0.05, 0.1) is 6.10 Å². The number of aryl methyl sites for hydroxylation is 1. The van der Waals surface area contributed by atoms with Crippen LogP contribution in [0.5, 0.6) is 0 Å². The molecule has 1 aromatic rings. The average molecular weight is 422 g/mol. The lowest BCUT2D eigenvalue weighted by molar-refractivity contribution is -0.222. The summed E-state index contributed by atoms with van der Waals surface area (Å²) >= 11 is 0. The molecular weight excluding hydrogens is 386 g/mol. The molecule has 0 unspecified atom stereocenters. The van der Waals surface area contributed by atoms with Crippen LogP contribution in [0.4, 0.5) is 0 Å². The van der Waals surface area contributed by atoms with Crippen molar-refractivity contribution in [3.63, 3.8) is 0 Å². The van der Waals surface area contributed by atoms with Crippen LogP contribution >= 0.6 is 0 Å². The number of aliphatic hydroxyl groups excluding tert-OH is 3. The van der Waals surface area contributed by atoms with Crippen molar-refractivity contribution in [1.29, 1.82) is 0 Å². The molecule has 30 heavy (non-hydrogen) atoms. The van der Waals surface area contributed by atoms with E-state index in [0.717, 1.165) is 38.7 Å². The van der Waals surface area contributed by atoms with E-state index in [1.54, 1.807) is 0 Å². The maximum atomic E-state index is 12.1. The molecule has 5 atom stereocenters. The second kappa shape index (κ2) is 10.2. The fraction of sp³-hybridized carbons (Fsp3) is 0.696. The second-order valence-electron chi connectivity index (χ2n) is 8.55. The van der Waals surface area contributed by atoms with Crippen molar-refractivity contribution in [2.45, 2.75) is 82.6 Å². The number of benzene rings is 1. The molecule has 1 saturated carbocycles. The monoisotopic (exact) mass is 421 g/mol. The van der Waals surface area contributed by atoms with Crippen LogP contribution in [-0.2, 0) is 20.7 Å². The molecule has 2 aliphatic rings. The van der Waals surface area contributed by atoms with Crippen molar-refractivity contribution >= 4 is 5.91 Å². The average Bonchev–Trinajstić information content (AvgIpc) is 2.75. The summed E-state index contributed by atoms with van der Waals surface area (Å²) < 4.78 is 11.5. The molecule has 1 aromatic carbocycles. The number of carbonyl (C=O) groups excluding carboxylic acids is 1. The molecule has 0 spiro atoms. The molecule has 168 valence electrons. The van der Waals surface area contributed by atoms with Gasteiger partial charge in [-0.3, -0.25) is 4.79 Å². The number of amides is 1. The Hall–Kier alpha value is -1.51. The largest absolute Gasteiger partial charge is 0.387 e. The van der Waals surface area contributed by atoms with Gasteiger partial charge in [0, 0.05) is 13.7 Å². The number of nitrogens with one attached hydrogen (secondary N) is 1. The summed E-state index contributed by atoms with van der Waals surface area (Å²) in [7, 11) is 1.44. The summed E-state index contributed by atoms with van der Waals surface area (Å²) in [6.45, 7) is 4.86. The topological polar surface area (TPSA) is 108 Å². The molecule has 1 amide bonds. The van der Waals surface area contributed by atoms with Gasteiger partial charge in [-0.2, -0.15) is 0 Å². The van der Waals surface area contributed by atoms with Gasteiger partial charge in [-0.1, -0.05) is 18.2 Å². The fourth-order valence-electron chi connectivity index (χ4n) is 4.65. The van der Waals surface area contributed by atoms with Crippen LogP contribution in [0.1, 0.15) is 55.4 Å². The lowest BCUT2D eigenvalue weighted by Gasteiger charge is -2.40. The van der Waals surface area contributed by atoms with Crippen molar-refractivity contribution in [2.24, 2.45) is 5.92 Å². The number of ether oxygens (including phenoxy) is 2. The zero-order valence-corrected chi connectivity index (χ0v) is 18.1. The van der Waals surface area contributed by atoms with Crippen LogP contribution in [-0.4, -0.2) is 65.4 Å². The normalized spacial score (nSPS) is 34.5. The third kappa shape index (κ3) is 5.03. The number of carbonyl (C=O) groups is 1. The zero-order valence-electron chi connectivity index (χ0n) is 18.1. The van der Waals surface area contributed by atoms with Crippen molar-refractivity contribution < 1.29 is 29.6 Å². The Morgan fingerprint density at radius 3 is 2.47 bits per heavy atom. The van der Waals surface area contributed by atoms with E-state index < -0.39 is 36.4 Å². The lowest BCUT2D eigenvalue weighted by Crippen LogP contribution is -2.58. The van der Waals surface area contributed by atoms with Crippen LogP contribution in [0.2, 0.25) is 0 Å². The molecule has 1 saturated heterocycles. The molecule has 2 fully saturated rings. The van der Waals surface area contributed by atoms with Crippen LogP contribution in [0.3, 0.4) is 0 Å². The molecule has 0 radical (unpaired) electrons. The Bertz CT molecular complexity index is 718. The number of aliphatic hydroxyl groups is 3. The summed E-state index contributed by atoms with van der Waals surface area (Å²) in [4.78, 5) is 12.1. The predicted molar refractivity (Wildman–Crippen MR) is 112 cm³/mol. The van der Waals surface area contributed by atoms with Gasteiger partial charge >= 0.3 is 0 Å². The number of likely N-dealkylation sites (N-methyl/N-ethyl adjacent to an activating group) is 1. The zero-order chi connectivity index (χ0) is 21.8. The molecular formula is C23H35NO6. The van der Waals surface area contributed by atoms with Gasteiger partial charge in [-0.05, 0) is 68.6 Å². The number of hydrogen-bond donors (Lipinski definition) is 4. The molecule has 7 heteroatoms. The molecule has 1 aliphatic heterocycles. The Morgan fingerprint density at radius 1 is 1.13 bits per heavy atom. The molecule has 3 rings (SSSR count). The second-order valence-corrected chi connectivity index (χ2v) is 8.55. The van der Waals surface area contributed by atoms with E-state index in [0.29, 0.717) is 17.6 Å². The maximum Gasteiger partial charge on any atom is 0.251 e. The van der Waals surface area contributed by atoms with E-state index in [-0.39, 0.29) is 0 Å². The Kier molecular flexibility index (Phi) is 7.87. The van der Waals surface area contributed by atoms with Gasteiger partial charge in [0.15, 0.2) is 6.10 Å². The molecule has 4 N–H and O–H groups in total. The van der Waals surface area contributed by atoms with Crippen LogP contribution in [0.25, 0.3) is 0 Å². The Labute approximate surface area is 178 Å². The lowest BCUT2D eigenvalue weighted by atomic mass is 9.81. The third-order valence-electron chi connectivity index (χ3n) is 6.52. The van der Waals surface area contributed by atoms with Gasteiger partial charge in [0.2, 0.25) is 0 Å². The minimum atomic E-state index is -1.48. The van der Waals surface area contributed by atoms with E-state index in [2.05, 4.69) is 12.2 Å². The van der Waals surface area contributed by atoms with Gasteiger partial charge < -0.3 is 30.1 Å². The van der Waals surface area contributed by atoms with Crippen LogP contribution in [0, 0.1) is 12.8 Å². The Balaban J connectivity index is 1.74. The van der Waals surface area contributed by atoms with Crippen LogP contribution in [0.15, 0.2) is 18.2 Å². The van der Waals surface area contributed by atoms with E-state index in [9.17, 15) is 20.1 Å². The van der Waals surface area contributed by atoms with Crippen molar-refractivity contribution in [1.82, 2.24) is 5.32 Å². The van der Waals surface area contributed by atoms with Gasteiger partial charge in [-0.25, -0.2) is 0 Å². The van der Waals surface area contributed by atoms with E-state index in [1.165, 1.54) is 18.2 Å². The van der Waals surface area contributed by atoms with Crippen molar-refractivity contribution in [3.8, 4) is 0 Å². The van der Waals surface area contributed by atoms with Crippen molar-refractivity contribution in [2.75, 3.05) is 13.7 Å². The first-order valence-corrected chi connectivity index (χ1v) is 11.0. The highest BCUT2D eigenvalue weighted by atomic mass is 16.5. The molecule has 7 nitrogen and oxygen atoms in total. The number of hydrogen-bond acceptors (Lipinski definition) is 6. The maximum absolute atomic E-state index is 12.1. The first-order valence-electron chi connectivity index (χ1n) is 11.0.